The van der Waals surface area contributed by atoms with Crippen molar-refractivity contribution >= 4 is 17.5 Å². The van der Waals surface area contributed by atoms with Crippen LogP contribution in [0.4, 0.5) is 0 Å². The van der Waals surface area contributed by atoms with E-state index in [0.717, 1.165) is 6.42 Å². The maximum absolute atomic E-state index is 12.7. The lowest BCUT2D eigenvalue weighted by atomic mass is 9.78. The van der Waals surface area contributed by atoms with Gasteiger partial charge in [-0.2, -0.15) is 0 Å². The summed E-state index contributed by atoms with van der Waals surface area (Å²) in [5, 5.41) is 11.2. The molecule has 0 bridgehead atoms. The Morgan fingerprint density at radius 1 is 1.38 bits per heavy atom. The van der Waals surface area contributed by atoms with E-state index in [9.17, 15) is 9.90 Å². The van der Waals surface area contributed by atoms with E-state index in [4.69, 9.17) is 11.6 Å². The number of amides is 1. The smallest absolute Gasteiger partial charge is 0.255 e. The maximum atomic E-state index is 12.7. The zero-order chi connectivity index (χ0) is 17.2. The summed E-state index contributed by atoms with van der Waals surface area (Å²) in [4.78, 5) is 18.5. The van der Waals surface area contributed by atoms with Crippen molar-refractivity contribution in [3.05, 3.63) is 64.9 Å². The first-order valence-corrected chi connectivity index (χ1v) is 8.49. The molecule has 2 heterocycles. The summed E-state index contributed by atoms with van der Waals surface area (Å²) < 4.78 is 0. The van der Waals surface area contributed by atoms with Crippen molar-refractivity contribution in [1.29, 1.82) is 0 Å². The summed E-state index contributed by atoms with van der Waals surface area (Å²) in [6.07, 6.45) is 4.35. The van der Waals surface area contributed by atoms with Crippen LogP contribution in [0.2, 0.25) is 5.02 Å². The van der Waals surface area contributed by atoms with Crippen LogP contribution >= 0.6 is 11.6 Å². The third kappa shape index (κ3) is 3.77. The second-order valence-corrected chi connectivity index (χ2v) is 7.07. The molecule has 1 aromatic carbocycles. The molecule has 5 heteroatoms. The highest BCUT2D eigenvalue weighted by Crippen LogP contribution is 2.31. The van der Waals surface area contributed by atoms with Gasteiger partial charge in [-0.25, -0.2) is 0 Å². The van der Waals surface area contributed by atoms with Crippen LogP contribution in [-0.4, -0.2) is 39.6 Å². The molecule has 24 heavy (non-hydrogen) atoms. The lowest BCUT2D eigenvalue weighted by molar-refractivity contribution is -0.0507. The Hall–Kier alpha value is -1.91. The van der Waals surface area contributed by atoms with Gasteiger partial charge < -0.3 is 10.0 Å². The summed E-state index contributed by atoms with van der Waals surface area (Å²) in [5.41, 5.74) is 0.878. The van der Waals surface area contributed by atoms with E-state index in [2.05, 4.69) is 17.1 Å². The molecule has 1 aromatic heterocycles. The Balaban J connectivity index is 1.76. The summed E-state index contributed by atoms with van der Waals surface area (Å²) >= 11 is 5.94. The third-order valence-electron chi connectivity index (χ3n) is 4.77. The average Bonchev–Trinajstić information content (AvgIpc) is 2.57. The number of likely N-dealkylation sites (tertiary alicyclic amines) is 1. The van der Waals surface area contributed by atoms with Crippen LogP contribution in [0.5, 0.6) is 0 Å². The van der Waals surface area contributed by atoms with Gasteiger partial charge in [0.25, 0.3) is 5.91 Å². The van der Waals surface area contributed by atoms with Crippen molar-refractivity contribution in [2.24, 2.45) is 5.92 Å². The maximum Gasteiger partial charge on any atom is 0.255 e. The number of piperidine rings is 1. The highest BCUT2D eigenvalue weighted by molar-refractivity contribution is 6.30. The highest BCUT2D eigenvalue weighted by atomic mass is 35.5. The number of halogens is 1. The molecule has 1 saturated heterocycles. The standard InChI is InChI=1S/C19H21ClN2O2/c1-19(24)7-8-22(18(23)15-10-17(20)12-21-11-15)13-16(19)9-14-5-3-2-4-6-14/h2-6,10-12,16,24H,7-9,13H2,1H3/t16-,19+/m0/s1. The van der Waals surface area contributed by atoms with E-state index in [-0.39, 0.29) is 11.8 Å². The van der Waals surface area contributed by atoms with Crippen molar-refractivity contribution in [2.45, 2.75) is 25.4 Å². The van der Waals surface area contributed by atoms with E-state index >= 15 is 0 Å². The number of hydrogen-bond acceptors (Lipinski definition) is 3. The molecule has 0 saturated carbocycles. The van der Waals surface area contributed by atoms with Crippen LogP contribution < -0.4 is 0 Å². The van der Waals surface area contributed by atoms with Crippen molar-refractivity contribution in [1.82, 2.24) is 9.88 Å². The van der Waals surface area contributed by atoms with Crippen molar-refractivity contribution in [2.75, 3.05) is 13.1 Å². The molecule has 0 unspecified atom stereocenters. The molecule has 0 aliphatic carbocycles. The van der Waals surface area contributed by atoms with Crippen LogP contribution in [0.3, 0.4) is 0 Å². The highest BCUT2D eigenvalue weighted by Gasteiger charge is 2.39. The van der Waals surface area contributed by atoms with Crippen LogP contribution in [0, 0.1) is 5.92 Å². The van der Waals surface area contributed by atoms with E-state index in [0.29, 0.717) is 30.1 Å². The molecule has 1 fully saturated rings. The zero-order valence-electron chi connectivity index (χ0n) is 13.7. The quantitative estimate of drug-likeness (QED) is 0.930. The van der Waals surface area contributed by atoms with Crippen molar-refractivity contribution < 1.29 is 9.90 Å². The molecule has 1 amide bonds. The largest absolute Gasteiger partial charge is 0.390 e. The van der Waals surface area contributed by atoms with Gasteiger partial charge in [0.15, 0.2) is 0 Å². The fourth-order valence-electron chi connectivity index (χ4n) is 3.20. The number of aromatic nitrogens is 1. The van der Waals surface area contributed by atoms with Gasteiger partial charge in [0, 0.05) is 31.4 Å². The average molecular weight is 345 g/mol. The third-order valence-corrected chi connectivity index (χ3v) is 4.98. The van der Waals surface area contributed by atoms with Crippen LogP contribution in [0.25, 0.3) is 0 Å². The second-order valence-electron chi connectivity index (χ2n) is 6.64. The predicted molar refractivity (Wildman–Crippen MR) is 94.0 cm³/mol. The van der Waals surface area contributed by atoms with Crippen molar-refractivity contribution in [3.8, 4) is 0 Å². The Labute approximate surface area is 147 Å². The Bertz CT molecular complexity index is 718. The molecule has 3 rings (SSSR count). The number of hydrogen-bond donors (Lipinski definition) is 1. The first-order valence-electron chi connectivity index (χ1n) is 8.12. The summed E-state index contributed by atoms with van der Waals surface area (Å²) in [6.45, 7) is 2.92. The van der Waals surface area contributed by atoms with Crippen LogP contribution in [-0.2, 0) is 6.42 Å². The molecule has 126 valence electrons. The number of carbonyl (C=O) groups is 1. The molecular formula is C19H21ClN2O2. The van der Waals surface area contributed by atoms with E-state index < -0.39 is 5.60 Å². The lowest BCUT2D eigenvalue weighted by Crippen LogP contribution is -2.52. The van der Waals surface area contributed by atoms with E-state index in [1.54, 1.807) is 11.0 Å². The first kappa shape index (κ1) is 16.9. The minimum absolute atomic E-state index is 0.00950. The molecular weight excluding hydrogens is 324 g/mol. The minimum atomic E-state index is -0.779. The van der Waals surface area contributed by atoms with E-state index in [1.807, 2.05) is 25.1 Å². The molecule has 0 spiro atoms. The Morgan fingerprint density at radius 3 is 2.83 bits per heavy atom. The zero-order valence-corrected chi connectivity index (χ0v) is 14.4. The molecule has 2 aromatic rings. The summed E-state index contributed by atoms with van der Waals surface area (Å²) in [5.74, 6) is -0.0942. The molecule has 1 aliphatic heterocycles. The molecule has 2 atom stereocenters. The van der Waals surface area contributed by atoms with Gasteiger partial charge >= 0.3 is 0 Å². The van der Waals surface area contributed by atoms with Gasteiger partial charge in [-0.1, -0.05) is 41.9 Å². The normalized spacial score (nSPS) is 24.0. The topological polar surface area (TPSA) is 53.4 Å². The fraction of sp³-hybridized carbons (Fsp3) is 0.368. The summed E-state index contributed by atoms with van der Waals surface area (Å²) in [6, 6.07) is 11.7. The SMILES string of the molecule is C[C@@]1(O)CCN(C(=O)c2cncc(Cl)c2)C[C@@H]1Cc1ccccc1. The van der Waals surface area contributed by atoms with Gasteiger partial charge in [0.1, 0.15) is 0 Å². The van der Waals surface area contributed by atoms with E-state index in [1.165, 1.54) is 18.0 Å². The Kier molecular flexibility index (Phi) is 4.88. The number of aliphatic hydroxyl groups is 1. The fourth-order valence-corrected chi connectivity index (χ4v) is 3.37. The number of carbonyl (C=O) groups excluding carboxylic acids is 1. The lowest BCUT2D eigenvalue weighted by Gasteiger charge is -2.43. The van der Waals surface area contributed by atoms with Gasteiger partial charge in [0.05, 0.1) is 16.2 Å². The number of rotatable bonds is 3. The monoisotopic (exact) mass is 344 g/mol. The van der Waals surface area contributed by atoms with Gasteiger partial charge in [0.2, 0.25) is 0 Å². The van der Waals surface area contributed by atoms with Crippen LogP contribution in [0.15, 0.2) is 48.8 Å². The molecule has 1 N–H and O–H groups in total. The molecule has 1 aliphatic rings. The molecule has 0 radical (unpaired) electrons. The van der Waals surface area contributed by atoms with Gasteiger partial charge in [-0.05, 0) is 31.4 Å². The van der Waals surface area contributed by atoms with Crippen LogP contribution in [0.1, 0.15) is 29.3 Å². The molecule has 4 nitrogen and oxygen atoms in total. The summed E-state index contributed by atoms with van der Waals surface area (Å²) in [7, 11) is 0. The Morgan fingerprint density at radius 2 is 2.12 bits per heavy atom. The second kappa shape index (κ2) is 6.91. The number of pyridine rings is 1. The van der Waals surface area contributed by atoms with Crippen molar-refractivity contribution in [3.63, 3.8) is 0 Å². The number of benzene rings is 1. The van der Waals surface area contributed by atoms with Gasteiger partial charge in [-0.15, -0.1) is 0 Å². The van der Waals surface area contributed by atoms with Gasteiger partial charge in [-0.3, -0.25) is 9.78 Å². The number of nitrogens with zero attached hydrogens (tertiary/aromatic N) is 2. The predicted octanol–water partition coefficient (Wildman–Crippen LogP) is 3.19. The minimum Gasteiger partial charge on any atom is -0.390 e. The first-order chi connectivity index (χ1) is 11.5.